The van der Waals surface area contributed by atoms with Crippen molar-refractivity contribution in [1.29, 1.82) is 0 Å². The molecule has 1 amide bonds. The molecule has 1 aliphatic carbocycles. The molecule has 15 heavy (non-hydrogen) atoms. The molecular formula is C10H11BrN2OS. The van der Waals surface area contributed by atoms with Gasteiger partial charge in [0.25, 0.3) is 5.91 Å². The maximum atomic E-state index is 11.8. The van der Waals surface area contributed by atoms with E-state index in [0.29, 0.717) is 17.9 Å². The number of amides is 1. The van der Waals surface area contributed by atoms with Gasteiger partial charge in [-0.1, -0.05) is 0 Å². The standard InChI is InChI=1S/C10H11BrN2OS/c11-8-1-5(4-15-8)10(14)13-9-6-2-12-3-7(6)9/h1,4,6-7,9,12H,2-3H2,(H,13,14). The minimum Gasteiger partial charge on any atom is -0.349 e. The highest BCUT2D eigenvalue weighted by Gasteiger charge is 2.53. The number of carbonyl (C=O) groups excluding carboxylic acids is 1. The van der Waals surface area contributed by atoms with E-state index in [1.165, 1.54) is 0 Å². The summed E-state index contributed by atoms with van der Waals surface area (Å²) < 4.78 is 1.00. The largest absolute Gasteiger partial charge is 0.349 e. The Kier molecular flexibility index (Phi) is 2.34. The molecular weight excluding hydrogens is 276 g/mol. The zero-order valence-electron chi connectivity index (χ0n) is 8.00. The van der Waals surface area contributed by atoms with Gasteiger partial charge in [-0.25, -0.2) is 0 Å². The highest BCUT2D eigenvalue weighted by atomic mass is 79.9. The molecule has 0 bridgehead atoms. The molecule has 80 valence electrons. The molecule has 2 heterocycles. The Balaban J connectivity index is 1.62. The second-order valence-corrected chi connectivity index (χ2v) is 6.42. The van der Waals surface area contributed by atoms with Crippen molar-refractivity contribution in [2.24, 2.45) is 11.8 Å². The lowest BCUT2D eigenvalue weighted by atomic mass is 10.3. The average Bonchev–Trinajstić information content (AvgIpc) is 2.66. The molecule has 1 aromatic heterocycles. The lowest BCUT2D eigenvalue weighted by Gasteiger charge is -2.06. The Morgan fingerprint density at radius 1 is 1.53 bits per heavy atom. The summed E-state index contributed by atoms with van der Waals surface area (Å²) in [6.07, 6.45) is 0. The molecule has 2 atom stereocenters. The predicted octanol–water partition coefficient (Wildman–Crippen LogP) is 1.46. The van der Waals surface area contributed by atoms with Crippen molar-refractivity contribution in [2.45, 2.75) is 6.04 Å². The van der Waals surface area contributed by atoms with Gasteiger partial charge in [0.2, 0.25) is 0 Å². The molecule has 1 aromatic rings. The zero-order chi connectivity index (χ0) is 10.4. The van der Waals surface area contributed by atoms with Crippen LogP contribution in [0.15, 0.2) is 15.2 Å². The Hall–Kier alpha value is -0.390. The first-order chi connectivity index (χ1) is 7.25. The number of fused-ring (bicyclic) bond motifs is 1. The fourth-order valence-electron chi connectivity index (χ4n) is 2.30. The second-order valence-electron chi connectivity index (χ2n) is 4.12. The molecule has 5 heteroatoms. The molecule has 1 saturated heterocycles. The molecule has 2 aliphatic rings. The van der Waals surface area contributed by atoms with Gasteiger partial charge < -0.3 is 10.6 Å². The molecule has 3 rings (SSSR count). The number of rotatable bonds is 2. The summed E-state index contributed by atoms with van der Waals surface area (Å²) >= 11 is 4.90. The van der Waals surface area contributed by atoms with Crippen molar-refractivity contribution in [3.63, 3.8) is 0 Å². The van der Waals surface area contributed by atoms with Gasteiger partial charge in [-0.3, -0.25) is 4.79 Å². The first-order valence-electron chi connectivity index (χ1n) is 5.01. The molecule has 2 fully saturated rings. The van der Waals surface area contributed by atoms with Crippen molar-refractivity contribution in [1.82, 2.24) is 10.6 Å². The van der Waals surface area contributed by atoms with E-state index >= 15 is 0 Å². The second kappa shape index (κ2) is 3.57. The lowest BCUT2D eigenvalue weighted by molar-refractivity contribution is 0.0947. The average molecular weight is 287 g/mol. The van der Waals surface area contributed by atoms with E-state index in [4.69, 9.17) is 0 Å². The molecule has 0 radical (unpaired) electrons. The fourth-order valence-corrected chi connectivity index (χ4v) is 3.43. The quantitative estimate of drug-likeness (QED) is 0.864. The van der Waals surface area contributed by atoms with Crippen molar-refractivity contribution in [3.05, 3.63) is 20.8 Å². The summed E-state index contributed by atoms with van der Waals surface area (Å²) in [7, 11) is 0. The summed E-state index contributed by atoms with van der Waals surface area (Å²) in [6, 6.07) is 2.29. The Morgan fingerprint density at radius 2 is 2.27 bits per heavy atom. The Morgan fingerprint density at radius 3 is 2.87 bits per heavy atom. The summed E-state index contributed by atoms with van der Waals surface area (Å²) in [5.41, 5.74) is 0.768. The van der Waals surface area contributed by atoms with Crippen LogP contribution in [0.4, 0.5) is 0 Å². The van der Waals surface area contributed by atoms with Crippen LogP contribution in [0.1, 0.15) is 10.4 Å². The van der Waals surface area contributed by atoms with Gasteiger partial charge in [0.1, 0.15) is 0 Å². The van der Waals surface area contributed by atoms with Crippen LogP contribution in [0.5, 0.6) is 0 Å². The smallest absolute Gasteiger partial charge is 0.252 e. The lowest BCUT2D eigenvalue weighted by Crippen LogP contribution is -2.32. The van der Waals surface area contributed by atoms with Crippen LogP contribution in [0.2, 0.25) is 0 Å². The van der Waals surface area contributed by atoms with Crippen molar-refractivity contribution >= 4 is 33.2 Å². The first-order valence-corrected chi connectivity index (χ1v) is 6.68. The van der Waals surface area contributed by atoms with Gasteiger partial charge in [0.15, 0.2) is 0 Å². The van der Waals surface area contributed by atoms with Crippen LogP contribution in [-0.4, -0.2) is 25.0 Å². The third kappa shape index (κ3) is 1.73. The van der Waals surface area contributed by atoms with E-state index in [2.05, 4.69) is 26.6 Å². The maximum absolute atomic E-state index is 11.8. The summed E-state index contributed by atoms with van der Waals surface area (Å²) in [6.45, 7) is 2.12. The van der Waals surface area contributed by atoms with E-state index in [9.17, 15) is 4.79 Å². The number of halogens is 1. The monoisotopic (exact) mass is 286 g/mol. The van der Waals surface area contributed by atoms with Crippen molar-refractivity contribution in [3.8, 4) is 0 Å². The molecule has 0 aromatic carbocycles. The van der Waals surface area contributed by atoms with Crippen LogP contribution in [0.25, 0.3) is 0 Å². The van der Waals surface area contributed by atoms with E-state index in [-0.39, 0.29) is 5.91 Å². The Labute approximate surface area is 100 Å². The minimum absolute atomic E-state index is 0.0661. The highest BCUT2D eigenvalue weighted by Crippen LogP contribution is 2.41. The molecule has 1 aliphatic heterocycles. The van der Waals surface area contributed by atoms with E-state index < -0.39 is 0 Å². The normalized spacial score (nSPS) is 32.5. The third-order valence-electron chi connectivity index (χ3n) is 3.22. The number of nitrogens with one attached hydrogen (secondary N) is 2. The molecule has 2 N–H and O–H groups in total. The molecule has 1 saturated carbocycles. The van der Waals surface area contributed by atoms with E-state index in [1.54, 1.807) is 11.3 Å². The summed E-state index contributed by atoms with van der Waals surface area (Å²) in [4.78, 5) is 11.8. The van der Waals surface area contributed by atoms with Gasteiger partial charge in [0, 0.05) is 24.5 Å². The van der Waals surface area contributed by atoms with Gasteiger partial charge in [-0.05, 0) is 33.8 Å². The Bertz CT molecular complexity index is 396. The molecule has 2 unspecified atom stereocenters. The number of piperidine rings is 1. The van der Waals surface area contributed by atoms with Crippen LogP contribution in [0, 0.1) is 11.8 Å². The van der Waals surface area contributed by atoms with Gasteiger partial charge in [-0.15, -0.1) is 11.3 Å². The summed E-state index contributed by atoms with van der Waals surface area (Å²) in [5, 5.41) is 8.29. The molecule has 0 spiro atoms. The molecule has 3 nitrogen and oxygen atoms in total. The van der Waals surface area contributed by atoms with Crippen LogP contribution < -0.4 is 10.6 Å². The number of carbonyl (C=O) groups is 1. The van der Waals surface area contributed by atoms with Crippen molar-refractivity contribution in [2.75, 3.05) is 13.1 Å². The SMILES string of the molecule is O=C(NC1C2CNCC21)c1csc(Br)c1. The maximum Gasteiger partial charge on any atom is 0.252 e. The van der Waals surface area contributed by atoms with Crippen LogP contribution in [0.3, 0.4) is 0 Å². The van der Waals surface area contributed by atoms with Gasteiger partial charge in [0.05, 0.1) is 9.35 Å². The third-order valence-corrected chi connectivity index (χ3v) is 4.72. The minimum atomic E-state index is 0.0661. The van der Waals surface area contributed by atoms with Crippen LogP contribution in [-0.2, 0) is 0 Å². The van der Waals surface area contributed by atoms with Gasteiger partial charge >= 0.3 is 0 Å². The van der Waals surface area contributed by atoms with Gasteiger partial charge in [-0.2, -0.15) is 0 Å². The first kappa shape index (κ1) is 9.81. The van der Waals surface area contributed by atoms with Crippen LogP contribution >= 0.6 is 27.3 Å². The number of thiophene rings is 1. The number of hydrogen-bond acceptors (Lipinski definition) is 3. The summed E-state index contributed by atoms with van der Waals surface area (Å²) in [5.74, 6) is 1.42. The van der Waals surface area contributed by atoms with Crippen molar-refractivity contribution < 1.29 is 4.79 Å². The van der Waals surface area contributed by atoms with E-state index in [1.807, 2.05) is 11.4 Å². The highest BCUT2D eigenvalue weighted by molar-refractivity contribution is 9.11. The number of hydrogen-bond donors (Lipinski definition) is 2. The topological polar surface area (TPSA) is 41.1 Å². The van der Waals surface area contributed by atoms with E-state index in [0.717, 1.165) is 22.4 Å². The zero-order valence-corrected chi connectivity index (χ0v) is 10.4. The predicted molar refractivity (Wildman–Crippen MR) is 63.1 cm³/mol. The fraction of sp³-hybridized carbons (Fsp3) is 0.500.